The van der Waals surface area contributed by atoms with Crippen LogP contribution in [-0.4, -0.2) is 48.7 Å². The maximum atomic E-state index is 12.3. The lowest BCUT2D eigenvalue weighted by Crippen LogP contribution is -2.36. The van der Waals surface area contributed by atoms with Crippen LogP contribution in [0.25, 0.3) is 0 Å². The molecule has 2 N–H and O–H groups in total. The fourth-order valence-electron chi connectivity index (χ4n) is 1.46. The summed E-state index contributed by atoms with van der Waals surface area (Å²) in [5, 5.41) is 8.50. The van der Waals surface area contributed by atoms with E-state index in [0.29, 0.717) is 5.56 Å². The Morgan fingerprint density at radius 1 is 1.45 bits per heavy atom. The van der Waals surface area contributed by atoms with Crippen molar-refractivity contribution >= 4 is 10.0 Å². The Hall–Kier alpha value is -1.13. The first-order valence-corrected chi connectivity index (χ1v) is 7.26. The molecule has 1 aromatic heterocycles. The van der Waals surface area contributed by atoms with E-state index in [1.165, 1.54) is 6.20 Å². The second-order valence-corrected chi connectivity index (χ2v) is 6.62. The third-order valence-electron chi connectivity index (χ3n) is 2.45. The van der Waals surface area contributed by atoms with Crippen LogP contribution >= 0.6 is 0 Å². The number of hydrogen-bond acceptors (Lipinski definition) is 4. The number of alkyl halides is 3. The summed E-state index contributed by atoms with van der Waals surface area (Å²) in [6, 6.07) is 0.105. The predicted octanol–water partition coefficient (Wildman–Crippen LogP) is 1.09. The van der Waals surface area contributed by atoms with Gasteiger partial charge in [0.1, 0.15) is 6.54 Å². The van der Waals surface area contributed by atoms with Crippen molar-refractivity contribution in [2.45, 2.75) is 37.6 Å². The highest BCUT2D eigenvalue weighted by Gasteiger charge is 2.36. The largest absolute Gasteiger partial charge is 0.402 e. The van der Waals surface area contributed by atoms with Crippen LogP contribution in [0.15, 0.2) is 11.2 Å². The number of H-pyrrole nitrogens is 1. The number of nitrogens with zero attached hydrogens (tertiary/aromatic N) is 2. The third kappa shape index (κ3) is 4.46. The molecule has 0 saturated carbocycles. The van der Waals surface area contributed by atoms with Crippen LogP contribution in [-0.2, 0) is 16.6 Å². The lowest BCUT2D eigenvalue weighted by molar-refractivity contribution is -0.134. The molecule has 0 amide bonds. The molecule has 0 atom stereocenters. The lowest BCUT2D eigenvalue weighted by atomic mass is 10.3. The first kappa shape index (κ1) is 16.9. The van der Waals surface area contributed by atoms with Crippen molar-refractivity contribution in [1.29, 1.82) is 0 Å². The number of hydrogen-bond donors (Lipinski definition) is 2. The van der Waals surface area contributed by atoms with Crippen molar-refractivity contribution in [3.05, 3.63) is 11.8 Å². The van der Waals surface area contributed by atoms with Gasteiger partial charge in [0.2, 0.25) is 0 Å². The minimum absolute atomic E-state index is 0.105. The number of nitrogens with one attached hydrogen (secondary N) is 2. The molecule has 0 aliphatic rings. The highest BCUT2D eigenvalue weighted by Crippen LogP contribution is 2.22. The summed E-state index contributed by atoms with van der Waals surface area (Å²) in [6.45, 7) is 2.38. The molecular weight excluding hydrogens is 297 g/mol. The zero-order chi connectivity index (χ0) is 15.6. The molecule has 0 aliphatic carbocycles. The van der Waals surface area contributed by atoms with E-state index in [4.69, 9.17) is 0 Å². The number of sulfonamides is 1. The van der Waals surface area contributed by atoms with Gasteiger partial charge in [0.05, 0.1) is 6.20 Å². The van der Waals surface area contributed by atoms with Gasteiger partial charge in [-0.15, -0.1) is 0 Å². The van der Waals surface area contributed by atoms with Gasteiger partial charge in [-0.05, 0) is 0 Å². The Bertz CT molecular complexity index is 539. The Balaban J connectivity index is 2.96. The molecule has 0 aromatic carbocycles. The van der Waals surface area contributed by atoms with Crippen LogP contribution in [0.5, 0.6) is 0 Å². The summed E-state index contributed by atoms with van der Waals surface area (Å²) in [6.07, 6.45) is -3.32. The molecule has 0 saturated heterocycles. The third-order valence-corrected chi connectivity index (χ3v) is 4.27. The molecule has 1 heterocycles. The van der Waals surface area contributed by atoms with E-state index in [0.717, 1.165) is 7.05 Å². The Morgan fingerprint density at radius 3 is 2.55 bits per heavy atom. The lowest BCUT2D eigenvalue weighted by Gasteiger charge is -2.18. The summed E-state index contributed by atoms with van der Waals surface area (Å²) in [4.78, 5) is 0. The zero-order valence-electron chi connectivity index (χ0n) is 11.3. The van der Waals surface area contributed by atoms with E-state index < -0.39 is 22.7 Å². The van der Waals surface area contributed by atoms with Gasteiger partial charge in [0, 0.05) is 25.2 Å². The molecule has 20 heavy (non-hydrogen) atoms. The second-order valence-electron chi connectivity index (χ2n) is 4.64. The van der Waals surface area contributed by atoms with E-state index in [2.05, 4.69) is 15.5 Å². The second kappa shape index (κ2) is 6.10. The summed E-state index contributed by atoms with van der Waals surface area (Å²) in [7, 11) is -3.37. The van der Waals surface area contributed by atoms with Gasteiger partial charge >= 0.3 is 6.18 Å². The molecule has 116 valence electrons. The highest BCUT2D eigenvalue weighted by molar-refractivity contribution is 7.89. The Labute approximate surface area is 115 Å². The monoisotopic (exact) mass is 314 g/mol. The fourth-order valence-corrected chi connectivity index (χ4v) is 2.71. The van der Waals surface area contributed by atoms with Crippen molar-refractivity contribution in [1.82, 2.24) is 19.8 Å². The van der Waals surface area contributed by atoms with Crippen molar-refractivity contribution in [3.8, 4) is 0 Å². The first-order chi connectivity index (χ1) is 9.04. The molecule has 1 aromatic rings. The van der Waals surface area contributed by atoms with Gasteiger partial charge in [0.15, 0.2) is 5.03 Å². The van der Waals surface area contributed by atoms with Crippen LogP contribution in [0.4, 0.5) is 13.2 Å². The predicted molar refractivity (Wildman–Crippen MR) is 66.4 cm³/mol. The van der Waals surface area contributed by atoms with Crippen LogP contribution in [0.1, 0.15) is 19.4 Å². The first-order valence-electron chi connectivity index (χ1n) is 5.82. The average Bonchev–Trinajstić information content (AvgIpc) is 2.72. The number of aromatic nitrogens is 2. The fraction of sp³-hybridized carbons (Fsp3) is 0.700. The molecule has 0 unspecified atom stereocenters. The van der Waals surface area contributed by atoms with E-state index >= 15 is 0 Å². The standard InChI is InChI=1S/C10H17F3N4O2S/c1-7(2)14-4-8-5-15-16-9(8)20(18,19)17(3)6-10(11,12)13/h5,7,14H,4,6H2,1-3H3,(H,15,16). The Kier molecular flexibility index (Phi) is 5.16. The van der Waals surface area contributed by atoms with E-state index in [1.807, 2.05) is 13.8 Å². The van der Waals surface area contributed by atoms with Crippen LogP contribution in [0.2, 0.25) is 0 Å². The molecule has 6 nitrogen and oxygen atoms in total. The van der Waals surface area contributed by atoms with Gasteiger partial charge in [-0.3, -0.25) is 5.10 Å². The van der Waals surface area contributed by atoms with E-state index in [9.17, 15) is 21.6 Å². The van der Waals surface area contributed by atoms with Crippen molar-refractivity contribution in [3.63, 3.8) is 0 Å². The molecular formula is C10H17F3N4O2S. The molecule has 10 heteroatoms. The Morgan fingerprint density at radius 2 is 2.05 bits per heavy atom. The summed E-state index contributed by atoms with van der Waals surface area (Å²) < 4.78 is 61.2. The summed E-state index contributed by atoms with van der Waals surface area (Å²) >= 11 is 0. The van der Waals surface area contributed by atoms with Crippen LogP contribution in [0.3, 0.4) is 0 Å². The van der Waals surface area contributed by atoms with Crippen molar-refractivity contribution in [2.75, 3.05) is 13.6 Å². The van der Waals surface area contributed by atoms with E-state index in [1.54, 1.807) is 0 Å². The van der Waals surface area contributed by atoms with Crippen molar-refractivity contribution in [2.24, 2.45) is 0 Å². The summed E-state index contributed by atoms with van der Waals surface area (Å²) in [5.41, 5.74) is 0.299. The normalized spacial score (nSPS) is 13.4. The van der Waals surface area contributed by atoms with Crippen LogP contribution < -0.4 is 5.32 Å². The van der Waals surface area contributed by atoms with Gasteiger partial charge in [-0.2, -0.15) is 22.6 Å². The highest BCUT2D eigenvalue weighted by atomic mass is 32.2. The van der Waals surface area contributed by atoms with Crippen LogP contribution in [0, 0.1) is 0 Å². The minimum atomic E-state index is -4.60. The summed E-state index contributed by atoms with van der Waals surface area (Å²) in [5.74, 6) is 0. The van der Waals surface area contributed by atoms with Gasteiger partial charge in [0.25, 0.3) is 10.0 Å². The van der Waals surface area contributed by atoms with Gasteiger partial charge in [-0.1, -0.05) is 13.8 Å². The molecule has 0 aliphatic heterocycles. The topological polar surface area (TPSA) is 78.1 Å². The molecule has 0 radical (unpaired) electrons. The van der Waals surface area contributed by atoms with Crippen molar-refractivity contribution < 1.29 is 21.6 Å². The molecule has 1 rings (SSSR count). The zero-order valence-corrected chi connectivity index (χ0v) is 12.1. The van der Waals surface area contributed by atoms with Gasteiger partial charge in [-0.25, -0.2) is 8.42 Å². The molecule has 0 spiro atoms. The maximum absolute atomic E-state index is 12.3. The number of rotatable bonds is 6. The SMILES string of the molecule is CC(C)NCc1cn[nH]c1S(=O)(=O)N(C)CC(F)(F)F. The van der Waals surface area contributed by atoms with Gasteiger partial charge < -0.3 is 5.32 Å². The molecule has 0 fully saturated rings. The molecule has 0 bridgehead atoms. The smallest absolute Gasteiger partial charge is 0.310 e. The van der Waals surface area contributed by atoms with E-state index in [-0.39, 0.29) is 21.9 Å². The minimum Gasteiger partial charge on any atom is -0.310 e. The maximum Gasteiger partial charge on any atom is 0.402 e. The number of halogens is 3. The quantitative estimate of drug-likeness (QED) is 0.824. The number of aromatic amines is 1. The average molecular weight is 314 g/mol.